The lowest BCUT2D eigenvalue weighted by molar-refractivity contribution is -0.145. The molecule has 3 aromatic rings. The van der Waals surface area contributed by atoms with Crippen molar-refractivity contribution in [2.75, 3.05) is 5.32 Å². The second-order valence-corrected chi connectivity index (χ2v) is 7.87. The van der Waals surface area contributed by atoms with Crippen LogP contribution in [0.15, 0.2) is 97.6 Å². The van der Waals surface area contributed by atoms with Gasteiger partial charge in [0.05, 0.1) is 0 Å². The van der Waals surface area contributed by atoms with E-state index in [1.807, 2.05) is 98.8 Å². The second kappa shape index (κ2) is 8.87. The van der Waals surface area contributed by atoms with Crippen LogP contribution in [-0.4, -0.2) is 16.6 Å². The molecule has 154 valence electrons. The van der Waals surface area contributed by atoms with Crippen LogP contribution in [0.5, 0.6) is 11.5 Å². The number of benzene rings is 3. The fourth-order valence-electron chi connectivity index (χ4n) is 3.43. The highest BCUT2D eigenvalue weighted by atomic mass is 16.5. The van der Waals surface area contributed by atoms with Crippen molar-refractivity contribution < 1.29 is 14.6 Å². The minimum absolute atomic E-state index is 0.252. The Morgan fingerprint density at radius 1 is 0.967 bits per heavy atom. The van der Waals surface area contributed by atoms with Crippen LogP contribution >= 0.6 is 0 Å². The third-order valence-electron chi connectivity index (χ3n) is 5.45. The molecule has 3 rings (SSSR count). The number of carboxylic acids is 1. The molecule has 0 radical (unpaired) electrons. The highest BCUT2D eigenvalue weighted by Gasteiger charge is 2.50. The predicted molar refractivity (Wildman–Crippen MR) is 121 cm³/mol. The highest BCUT2D eigenvalue weighted by Crippen LogP contribution is 2.39. The molecule has 0 aliphatic carbocycles. The fraction of sp³-hybridized carbons (Fsp3) is 0.192. The molecule has 0 bridgehead atoms. The van der Waals surface area contributed by atoms with Crippen LogP contribution in [0.2, 0.25) is 0 Å². The van der Waals surface area contributed by atoms with Crippen LogP contribution in [0, 0.1) is 5.41 Å². The summed E-state index contributed by atoms with van der Waals surface area (Å²) in [5, 5.41) is 13.7. The Hall–Kier alpha value is -3.53. The molecule has 2 N–H and O–H groups in total. The van der Waals surface area contributed by atoms with Crippen LogP contribution in [0.4, 0.5) is 5.69 Å². The van der Waals surface area contributed by atoms with E-state index in [0.29, 0.717) is 5.75 Å². The molecule has 30 heavy (non-hydrogen) atoms. The first-order chi connectivity index (χ1) is 14.4. The van der Waals surface area contributed by atoms with Crippen LogP contribution in [0.1, 0.15) is 19.4 Å². The number of ether oxygens (including phenoxy) is 1. The molecule has 0 aliphatic rings. The lowest BCUT2D eigenvalue weighted by atomic mass is 9.68. The average molecular weight is 402 g/mol. The first kappa shape index (κ1) is 21.2. The van der Waals surface area contributed by atoms with Gasteiger partial charge in [-0.3, -0.25) is 0 Å². The summed E-state index contributed by atoms with van der Waals surface area (Å²) in [4.78, 5) is 12.7. The van der Waals surface area contributed by atoms with Gasteiger partial charge in [-0.25, -0.2) is 4.79 Å². The number of carbonyl (C=O) groups is 1. The Balaban J connectivity index is 1.97. The van der Waals surface area contributed by atoms with E-state index in [-0.39, 0.29) is 6.42 Å². The molecule has 0 amide bonds. The molecule has 3 aromatic carbocycles. The molecule has 4 nitrogen and oxygen atoms in total. The molecule has 0 saturated heterocycles. The molecule has 4 heteroatoms. The number of nitrogens with one attached hydrogen (secondary N) is 1. The number of rotatable bonds is 9. The number of para-hydroxylation sites is 2. The van der Waals surface area contributed by atoms with E-state index in [2.05, 4.69) is 11.9 Å². The van der Waals surface area contributed by atoms with Crippen LogP contribution in [0.3, 0.4) is 0 Å². The van der Waals surface area contributed by atoms with Crippen molar-refractivity contribution in [2.45, 2.75) is 25.8 Å². The van der Waals surface area contributed by atoms with Gasteiger partial charge in [-0.1, -0.05) is 68.5 Å². The zero-order valence-corrected chi connectivity index (χ0v) is 17.3. The van der Waals surface area contributed by atoms with Crippen molar-refractivity contribution in [3.05, 3.63) is 103 Å². The molecule has 1 unspecified atom stereocenters. The Morgan fingerprint density at radius 3 is 2.17 bits per heavy atom. The minimum atomic E-state index is -1.30. The quantitative estimate of drug-likeness (QED) is 0.421. The Bertz CT molecular complexity index is 999. The maximum absolute atomic E-state index is 12.7. The largest absolute Gasteiger partial charge is 0.479 e. The molecule has 0 saturated carbocycles. The highest BCUT2D eigenvalue weighted by molar-refractivity contribution is 5.85. The fourth-order valence-corrected chi connectivity index (χ4v) is 3.43. The van der Waals surface area contributed by atoms with E-state index in [9.17, 15) is 9.90 Å². The molecular weight excluding hydrogens is 374 g/mol. The Kier molecular flexibility index (Phi) is 6.26. The Morgan fingerprint density at radius 2 is 1.57 bits per heavy atom. The topological polar surface area (TPSA) is 58.6 Å². The zero-order valence-electron chi connectivity index (χ0n) is 17.3. The summed E-state index contributed by atoms with van der Waals surface area (Å²) >= 11 is 0. The van der Waals surface area contributed by atoms with Gasteiger partial charge in [-0.2, -0.15) is 0 Å². The number of hydrogen-bond acceptors (Lipinski definition) is 3. The van der Waals surface area contributed by atoms with E-state index < -0.39 is 16.9 Å². The van der Waals surface area contributed by atoms with E-state index in [4.69, 9.17) is 4.74 Å². The number of carboxylic acid groups (broad SMARTS) is 1. The van der Waals surface area contributed by atoms with Gasteiger partial charge in [0, 0.05) is 17.5 Å². The van der Waals surface area contributed by atoms with Crippen LogP contribution < -0.4 is 10.1 Å². The van der Waals surface area contributed by atoms with E-state index in [1.165, 1.54) is 0 Å². The normalized spacial score (nSPS) is 13.1. The van der Waals surface area contributed by atoms with Gasteiger partial charge in [0.25, 0.3) is 0 Å². The summed E-state index contributed by atoms with van der Waals surface area (Å²) in [5.41, 5.74) is -0.456. The standard InChI is InChI=1S/C26H27NO3/c1-4-25(2,3)26(24(28)29,27-21-13-7-5-8-14-21)19-20-12-11-17-23(18-20)30-22-15-9-6-10-16-22/h4-18,27H,1,19H2,2-3H3,(H,28,29). The van der Waals surface area contributed by atoms with Gasteiger partial charge >= 0.3 is 5.97 Å². The van der Waals surface area contributed by atoms with Crippen molar-refractivity contribution in [1.29, 1.82) is 0 Å². The molecule has 1 atom stereocenters. The van der Waals surface area contributed by atoms with Crippen LogP contribution in [0.25, 0.3) is 0 Å². The van der Waals surface area contributed by atoms with Crippen molar-refractivity contribution in [1.82, 2.24) is 0 Å². The van der Waals surface area contributed by atoms with Crippen molar-refractivity contribution in [2.24, 2.45) is 5.41 Å². The van der Waals surface area contributed by atoms with E-state index in [0.717, 1.165) is 17.0 Å². The first-order valence-corrected chi connectivity index (χ1v) is 9.88. The maximum Gasteiger partial charge on any atom is 0.330 e. The smallest absolute Gasteiger partial charge is 0.330 e. The van der Waals surface area contributed by atoms with Gasteiger partial charge in [0.1, 0.15) is 17.0 Å². The number of hydrogen-bond donors (Lipinski definition) is 2. The Labute approximate surface area is 177 Å². The van der Waals surface area contributed by atoms with E-state index >= 15 is 0 Å². The lowest BCUT2D eigenvalue weighted by Crippen LogP contribution is -2.58. The number of aliphatic carboxylic acids is 1. The first-order valence-electron chi connectivity index (χ1n) is 9.88. The zero-order chi connectivity index (χ0) is 21.6. The monoisotopic (exact) mass is 401 g/mol. The molecule has 0 aliphatic heterocycles. The van der Waals surface area contributed by atoms with Gasteiger partial charge in [-0.05, 0) is 42.0 Å². The molecular formula is C26H27NO3. The minimum Gasteiger partial charge on any atom is -0.479 e. The molecule has 0 spiro atoms. The third kappa shape index (κ3) is 4.54. The molecule has 0 heterocycles. The van der Waals surface area contributed by atoms with Gasteiger partial charge in [0.2, 0.25) is 0 Å². The van der Waals surface area contributed by atoms with Crippen molar-refractivity contribution in [3.8, 4) is 11.5 Å². The van der Waals surface area contributed by atoms with Crippen molar-refractivity contribution in [3.63, 3.8) is 0 Å². The lowest BCUT2D eigenvalue weighted by Gasteiger charge is -2.43. The summed E-state index contributed by atoms with van der Waals surface area (Å²) < 4.78 is 5.94. The molecule has 0 aromatic heterocycles. The van der Waals surface area contributed by atoms with Gasteiger partial charge in [0.15, 0.2) is 0 Å². The maximum atomic E-state index is 12.7. The SMILES string of the molecule is C=CC(C)(C)C(Cc1cccc(Oc2ccccc2)c1)(Nc1ccccc1)C(=O)O. The number of anilines is 1. The second-order valence-electron chi connectivity index (χ2n) is 7.87. The summed E-state index contributed by atoms with van der Waals surface area (Å²) in [6.07, 6.45) is 1.95. The average Bonchev–Trinajstić information content (AvgIpc) is 2.74. The van der Waals surface area contributed by atoms with Gasteiger partial charge in [-0.15, -0.1) is 6.58 Å². The predicted octanol–water partition coefficient (Wildman–Crippen LogP) is 6.17. The summed E-state index contributed by atoms with van der Waals surface area (Å²) in [5.74, 6) is 0.452. The summed E-state index contributed by atoms with van der Waals surface area (Å²) in [7, 11) is 0. The van der Waals surface area contributed by atoms with Gasteiger partial charge < -0.3 is 15.2 Å². The van der Waals surface area contributed by atoms with Crippen LogP contribution in [-0.2, 0) is 11.2 Å². The van der Waals surface area contributed by atoms with E-state index in [1.54, 1.807) is 6.08 Å². The third-order valence-corrected chi connectivity index (χ3v) is 5.45. The molecule has 0 fully saturated rings. The van der Waals surface area contributed by atoms with Crippen molar-refractivity contribution >= 4 is 11.7 Å². The summed E-state index contributed by atoms with van der Waals surface area (Å²) in [6, 6.07) is 26.4. The summed E-state index contributed by atoms with van der Waals surface area (Å²) in [6.45, 7) is 7.68.